The summed E-state index contributed by atoms with van der Waals surface area (Å²) < 4.78 is 76.0. The summed E-state index contributed by atoms with van der Waals surface area (Å²) in [5.74, 6) is -2.11. The van der Waals surface area contributed by atoms with Crippen LogP contribution in [0.1, 0.15) is 28.7 Å². The normalized spacial score (nSPS) is 16.1. The number of alkyl halides is 3. The minimum absolute atomic E-state index is 0.0746. The van der Waals surface area contributed by atoms with Gasteiger partial charge in [-0.15, -0.1) is 5.10 Å². The summed E-state index contributed by atoms with van der Waals surface area (Å²) >= 11 is 0. The number of pyridine rings is 1. The Hall–Kier alpha value is -4.29. The fourth-order valence-electron chi connectivity index (χ4n) is 4.32. The van der Waals surface area contributed by atoms with Gasteiger partial charge in [0.1, 0.15) is 23.2 Å². The number of aromatic nitrogens is 6. The van der Waals surface area contributed by atoms with Crippen molar-refractivity contribution in [3.63, 3.8) is 0 Å². The summed E-state index contributed by atoms with van der Waals surface area (Å²) in [5.41, 5.74) is 0.120. The lowest BCUT2D eigenvalue weighted by Crippen LogP contribution is -2.36. The molecule has 1 aliphatic rings. The number of benzene rings is 1. The van der Waals surface area contributed by atoms with Gasteiger partial charge < -0.3 is 14.3 Å². The van der Waals surface area contributed by atoms with Gasteiger partial charge in [0, 0.05) is 24.9 Å². The van der Waals surface area contributed by atoms with Gasteiger partial charge in [-0.25, -0.2) is 18.3 Å². The molecule has 6 rings (SSSR count). The molecule has 0 saturated heterocycles. The topological polar surface area (TPSA) is 88.1 Å². The third-order valence-electron chi connectivity index (χ3n) is 5.87. The number of imidazole rings is 1. The van der Waals surface area contributed by atoms with Gasteiger partial charge in [0.2, 0.25) is 0 Å². The molecule has 13 heteroatoms. The van der Waals surface area contributed by atoms with E-state index < -0.39 is 35.0 Å². The van der Waals surface area contributed by atoms with Gasteiger partial charge in [-0.2, -0.15) is 18.3 Å². The van der Waals surface area contributed by atoms with E-state index in [4.69, 9.17) is 4.42 Å². The van der Waals surface area contributed by atoms with E-state index in [-0.39, 0.29) is 23.1 Å². The monoisotopic (exact) mass is 487 g/mol. The maximum Gasteiger partial charge on any atom is 0.418 e. The summed E-state index contributed by atoms with van der Waals surface area (Å²) in [6.07, 6.45) is -1.20. The number of H-pyrrole nitrogens is 1. The molecule has 8 nitrogen and oxygen atoms in total. The minimum atomic E-state index is -4.57. The van der Waals surface area contributed by atoms with Gasteiger partial charge in [-0.05, 0) is 30.3 Å². The van der Waals surface area contributed by atoms with Gasteiger partial charge in [0.25, 0.3) is 5.89 Å². The van der Waals surface area contributed by atoms with E-state index in [2.05, 4.69) is 25.3 Å². The highest BCUT2D eigenvalue weighted by molar-refractivity contribution is 5.59. The van der Waals surface area contributed by atoms with Crippen molar-refractivity contribution in [3.05, 3.63) is 83.2 Å². The molecular formula is C22H14F5N7O. The molecule has 0 radical (unpaired) electrons. The van der Waals surface area contributed by atoms with Gasteiger partial charge >= 0.3 is 12.2 Å². The smallest absolute Gasteiger partial charge is 0.403 e. The van der Waals surface area contributed by atoms with Crippen molar-refractivity contribution >= 4 is 11.5 Å². The Balaban J connectivity index is 1.47. The van der Waals surface area contributed by atoms with Crippen molar-refractivity contribution in [3.8, 4) is 11.5 Å². The number of nitrogens with one attached hydrogen (secondary N) is 1. The molecule has 0 amide bonds. The van der Waals surface area contributed by atoms with Crippen LogP contribution in [0.15, 0.2) is 53.3 Å². The van der Waals surface area contributed by atoms with Crippen molar-refractivity contribution in [2.24, 2.45) is 0 Å². The molecule has 0 spiro atoms. The largest absolute Gasteiger partial charge is 0.418 e. The fraction of sp³-hybridized carbons (Fsp3) is 0.182. The molecule has 0 unspecified atom stereocenters. The van der Waals surface area contributed by atoms with Gasteiger partial charge in [-0.3, -0.25) is 0 Å². The Kier molecular flexibility index (Phi) is 4.62. The van der Waals surface area contributed by atoms with Gasteiger partial charge in [0.05, 0.1) is 28.8 Å². The molecule has 178 valence electrons. The summed E-state index contributed by atoms with van der Waals surface area (Å²) in [4.78, 5) is 8.98. The van der Waals surface area contributed by atoms with Crippen molar-refractivity contribution in [2.75, 3.05) is 11.4 Å². The Morgan fingerprint density at radius 2 is 1.86 bits per heavy atom. The second-order valence-electron chi connectivity index (χ2n) is 7.92. The molecule has 1 atom stereocenters. The molecule has 0 saturated carbocycles. The molecule has 0 aliphatic carbocycles. The number of halogens is 5. The van der Waals surface area contributed by atoms with Gasteiger partial charge in [0.15, 0.2) is 0 Å². The van der Waals surface area contributed by atoms with Gasteiger partial charge in [-0.1, -0.05) is 11.2 Å². The van der Waals surface area contributed by atoms with E-state index >= 15 is 0 Å². The summed E-state index contributed by atoms with van der Waals surface area (Å²) in [7, 11) is 0. The number of hydrogen-bond acceptors (Lipinski definition) is 6. The highest BCUT2D eigenvalue weighted by Gasteiger charge is 2.38. The number of hydrogen-bond donors (Lipinski definition) is 1. The Bertz CT molecular complexity index is 1530. The van der Waals surface area contributed by atoms with E-state index in [9.17, 15) is 22.0 Å². The van der Waals surface area contributed by atoms with Crippen LogP contribution in [0, 0.1) is 11.6 Å². The molecule has 5 heterocycles. The van der Waals surface area contributed by atoms with Crippen LogP contribution in [0.4, 0.5) is 28.0 Å². The molecular weight excluding hydrogens is 473 g/mol. The Morgan fingerprint density at radius 3 is 2.63 bits per heavy atom. The van der Waals surface area contributed by atoms with Crippen LogP contribution in [0.3, 0.4) is 0 Å². The lowest BCUT2D eigenvalue weighted by atomic mass is 10.00. The second-order valence-corrected chi connectivity index (χ2v) is 7.92. The third-order valence-corrected chi connectivity index (χ3v) is 5.87. The first-order valence-electron chi connectivity index (χ1n) is 10.4. The average molecular weight is 487 g/mol. The number of nitrogens with zero attached hydrogens (tertiary/aromatic N) is 6. The standard InChI is InChI=1S/C22H14F5N7O/c23-12-4-1-5-13(24)17(12)20-30-31-21(35-20)33-8-6-14-18(29-10-28-14)19(33)15-9-16-11(22(25,26)27)3-2-7-34(16)32-15/h1-5,7,9-10,19H,6,8H2,(H,28,29)/t19-/m1/s1. The molecule has 5 aromatic rings. The number of aromatic amines is 1. The van der Waals surface area contributed by atoms with Crippen LogP contribution in [0.25, 0.3) is 17.0 Å². The predicted molar refractivity (Wildman–Crippen MR) is 111 cm³/mol. The van der Waals surface area contributed by atoms with Crippen LogP contribution in [-0.4, -0.2) is 36.3 Å². The molecule has 1 N–H and O–H groups in total. The zero-order valence-corrected chi connectivity index (χ0v) is 17.6. The summed E-state index contributed by atoms with van der Waals surface area (Å²) in [5, 5.41) is 12.1. The highest BCUT2D eigenvalue weighted by atomic mass is 19.4. The zero-order chi connectivity index (χ0) is 24.3. The number of fused-ring (bicyclic) bond motifs is 2. The van der Waals surface area contributed by atoms with Crippen LogP contribution >= 0.6 is 0 Å². The van der Waals surface area contributed by atoms with Crippen LogP contribution in [0.5, 0.6) is 0 Å². The van der Waals surface area contributed by atoms with E-state index in [1.165, 1.54) is 30.7 Å². The lowest BCUT2D eigenvalue weighted by molar-refractivity contribution is -0.136. The molecule has 1 aromatic carbocycles. The predicted octanol–water partition coefficient (Wildman–Crippen LogP) is 4.56. The van der Waals surface area contributed by atoms with Crippen molar-refractivity contribution < 1.29 is 26.4 Å². The maximum atomic E-state index is 14.2. The lowest BCUT2D eigenvalue weighted by Gasteiger charge is -2.32. The molecule has 4 aromatic heterocycles. The zero-order valence-electron chi connectivity index (χ0n) is 17.6. The highest BCUT2D eigenvalue weighted by Crippen LogP contribution is 2.39. The van der Waals surface area contributed by atoms with Crippen LogP contribution in [0.2, 0.25) is 0 Å². The number of rotatable bonds is 3. The quantitative estimate of drug-likeness (QED) is 0.376. The van der Waals surface area contributed by atoms with Crippen molar-refractivity contribution in [1.82, 2.24) is 29.8 Å². The Morgan fingerprint density at radius 1 is 1.06 bits per heavy atom. The minimum Gasteiger partial charge on any atom is -0.403 e. The first-order valence-corrected chi connectivity index (χ1v) is 10.4. The SMILES string of the molecule is Fc1cccc(F)c1-c1nnc(N2CCc3[nH]cnc3[C@H]2c2cc3c(C(F)(F)F)cccn3n2)o1. The molecule has 0 bridgehead atoms. The third kappa shape index (κ3) is 3.42. The van der Waals surface area contributed by atoms with Crippen molar-refractivity contribution in [1.29, 1.82) is 0 Å². The molecule has 35 heavy (non-hydrogen) atoms. The fourth-order valence-corrected chi connectivity index (χ4v) is 4.32. The average Bonchev–Trinajstić information content (AvgIpc) is 3.56. The van der Waals surface area contributed by atoms with Crippen LogP contribution < -0.4 is 4.90 Å². The van der Waals surface area contributed by atoms with E-state index in [0.29, 0.717) is 18.7 Å². The van der Waals surface area contributed by atoms with E-state index in [1.54, 1.807) is 4.90 Å². The number of anilines is 1. The van der Waals surface area contributed by atoms with Crippen LogP contribution in [-0.2, 0) is 12.6 Å². The first kappa shape index (κ1) is 21.3. The van der Waals surface area contributed by atoms with E-state index in [1.807, 2.05) is 0 Å². The van der Waals surface area contributed by atoms with Crippen molar-refractivity contribution in [2.45, 2.75) is 18.6 Å². The second kappa shape index (κ2) is 7.61. The Labute approximate surface area is 193 Å². The maximum absolute atomic E-state index is 14.2. The molecule has 0 fully saturated rings. The van der Waals surface area contributed by atoms with E-state index in [0.717, 1.165) is 28.4 Å². The molecule has 1 aliphatic heterocycles. The first-order chi connectivity index (χ1) is 16.8. The summed E-state index contributed by atoms with van der Waals surface area (Å²) in [6, 6.07) is 6.06. The summed E-state index contributed by atoms with van der Waals surface area (Å²) in [6.45, 7) is 0.307.